The molecule has 2 aromatic carbocycles. The van der Waals surface area contributed by atoms with Crippen LogP contribution in [0, 0.1) is 5.92 Å². The Morgan fingerprint density at radius 2 is 1.85 bits per heavy atom. The molecule has 0 bridgehead atoms. The van der Waals surface area contributed by atoms with Crippen LogP contribution < -0.4 is 24.4 Å². The molecular weight excluding hydrogens is 418 g/mol. The number of anilines is 1. The van der Waals surface area contributed by atoms with Gasteiger partial charge in [0.1, 0.15) is 11.5 Å². The van der Waals surface area contributed by atoms with Gasteiger partial charge in [-0.1, -0.05) is 19.9 Å². The monoisotopic (exact) mass is 447 g/mol. The van der Waals surface area contributed by atoms with E-state index in [1.165, 1.54) is 0 Å². The third-order valence-electron chi connectivity index (χ3n) is 6.26. The van der Waals surface area contributed by atoms with E-state index in [9.17, 15) is 4.79 Å². The van der Waals surface area contributed by atoms with E-state index in [1.54, 1.807) is 7.11 Å². The predicted octanol–water partition coefficient (Wildman–Crippen LogP) is 4.24. The molecule has 7 nitrogen and oxygen atoms in total. The molecule has 3 aliphatic rings. The lowest BCUT2D eigenvalue weighted by atomic mass is 9.92. The van der Waals surface area contributed by atoms with Gasteiger partial charge in [0, 0.05) is 23.5 Å². The molecule has 2 aromatic rings. The summed E-state index contributed by atoms with van der Waals surface area (Å²) in [5.41, 5.74) is 3.81. The van der Waals surface area contributed by atoms with Crippen LogP contribution in [-0.4, -0.2) is 37.6 Å². The van der Waals surface area contributed by atoms with E-state index >= 15 is 0 Å². The number of rotatable bonds is 4. The number of carbonyl (C=O) groups excluding carboxylic acids is 1. The van der Waals surface area contributed by atoms with Gasteiger partial charge in [-0.15, -0.1) is 0 Å². The van der Waals surface area contributed by atoms with E-state index in [1.807, 2.05) is 61.2 Å². The van der Waals surface area contributed by atoms with Crippen molar-refractivity contribution in [3.63, 3.8) is 0 Å². The van der Waals surface area contributed by atoms with Gasteiger partial charge in [-0.25, -0.2) is 0 Å². The minimum atomic E-state index is -0.414. The normalized spacial score (nSPS) is 21.0. The second-order valence-electron chi connectivity index (χ2n) is 9.50. The maximum atomic E-state index is 14.0. The summed E-state index contributed by atoms with van der Waals surface area (Å²) in [6, 6.07) is 13.1. The molecule has 1 N–H and O–H groups in total. The van der Waals surface area contributed by atoms with Gasteiger partial charge in [0.05, 0.1) is 18.7 Å². The molecule has 0 saturated carbocycles. The molecule has 5 rings (SSSR count). The van der Waals surface area contributed by atoms with Crippen molar-refractivity contribution in [3.8, 4) is 17.2 Å². The van der Waals surface area contributed by atoms with Crippen LogP contribution in [0.3, 0.4) is 0 Å². The zero-order chi connectivity index (χ0) is 23.3. The summed E-state index contributed by atoms with van der Waals surface area (Å²) in [6.07, 6.45) is 0. The Balaban J connectivity index is 1.74. The molecule has 0 radical (unpaired) electrons. The minimum Gasteiger partial charge on any atom is -0.497 e. The van der Waals surface area contributed by atoms with Crippen LogP contribution in [0.25, 0.3) is 0 Å². The molecule has 1 atom stereocenters. The van der Waals surface area contributed by atoms with Crippen molar-refractivity contribution >= 4 is 17.3 Å². The number of benzene rings is 2. The Labute approximate surface area is 194 Å². The van der Waals surface area contributed by atoms with Gasteiger partial charge in [0.2, 0.25) is 6.79 Å². The molecule has 7 heteroatoms. The fourth-order valence-electron chi connectivity index (χ4n) is 4.66. The Bertz CT molecular complexity index is 1160. The summed E-state index contributed by atoms with van der Waals surface area (Å²) >= 11 is 0. The molecule has 1 unspecified atom stereocenters. The molecule has 0 spiro atoms. The van der Waals surface area contributed by atoms with Crippen molar-refractivity contribution < 1.29 is 19.0 Å². The topological polar surface area (TPSA) is 72.4 Å². The first-order valence-electron chi connectivity index (χ1n) is 11.2. The zero-order valence-corrected chi connectivity index (χ0v) is 19.6. The highest BCUT2D eigenvalue weighted by Crippen LogP contribution is 2.46. The SMILES string of the molecule is COc1ccc(N2C(=O)C3=NC(C)(C)CNC(C(C)C)=C3C2c2ccc3c(c2)OCO3)cc1. The van der Waals surface area contributed by atoms with Gasteiger partial charge in [0.25, 0.3) is 5.91 Å². The van der Waals surface area contributed by atoms with Crippen LogP contribution >= 0.6 is 0 Å². The lowest BCUT2D eigenvalue weighted by molar-refractivity contribution is -0.112. The first kappa shape index (κ1) is 21.4. The van der Waals surface area contributed by atoms with E-state index in [2.05, 4.69) is 19.2 Å². The van der Waals surface area contributed by atoms with Crippen molar-refractivity contribution in [2.24, 2.45) is 10.9 Å². The van der Waals surface area contributed by atoms with Gasteiger partial charge in [0.15, 0.2) is 11.5 Å². The van der Waals surface area contributed by atoms with Gasteiger partial charge in [-0.3, -0.25) is 14.7 Å². The molecule has 3 aliphatic heterocycles. The molecule has 0 aromatic heterocycles. The number of amides is 1. The summed E-state index contributed by atoms with van der Waals surface area (Å²) in [5.74, 6) is 2.23. The van der Waals surface area contributed by atoms with Crippen molar-refractivity contribution in [1.82, 2.24) is 5.32 Å². The highest BCUT2D eigenvalue weighted by Gasteiger charge is 2.47. The molecule has 3 heterocycles. The second kappa shape index (κ2) is 7.83. The highest BCUT2D eigenvalue weighted by molar-refractivity contribution is 6.53. The fraction of sp³-hybridized carbons (Fsp3) is 0.385. The first-order chi connectivity index (χ1) is 15.8. The molecule has 1 amide bonds. The van der Waals surface area contributed by atoms with Crippen LogP contribution in [0.5, 0.6) is 17.2 Å². The lowest BCUT2D eigenvalue weighted by Crippen LogP contribution is -2.35. The number of hydrogen-bond acceptors (Lipinski definition) is 6. The molecule has 1 fully saturated rings. The zero-order valence-electron chi connectivity index (χ0n) is 19.6. The fourth-order valence-corrected chi connectivity index (χ4v) is 4.66. The van der Waals surface area contributed by atoms with Crippen molar-refractivity contribution in [2.75, 3.05) is 25.3 Å². The van der Waals surface area contributed by atoms with E-state index < -0.39 is 5.54 Å². The predicted molar refractivity (Wildman–Crippen MR) is 127 cm³/mol. The first-order valence-corrected chi connectivity index (χ1v) is 11.2. The Kier molecular flexibility index (Phi) is 5.07. The number of nitrogens with one attached hydrogen (secondary N) is 1. The number of fused-ring (bicyclic) bond motifs is 2. The molecule has 33 heavy (non-hydrogen) atoms. The summed E-state index contributed by atoms with van der Waals surface area (Å²) < 4.78 is 16.5. The molecule has 0 aliphatic carbocycles. The standard InChI is InChI=1S/C26H29N3O4/c1-15(2)22-21-23(28-26(3,4)13-27-22)25(30)29(17-7-9-18(31-5)10-8-17)24(21)16-6-11-19-20(12-16)33-14-32-19/h6-12,15,24,27H,13-14H2,1-5H3. The van der Waals surface area contributed by atoms with Gasteiger partial charge in [-0.2, -0.15) is 0 Å². The quantitative estimate of drug-likeness (QED) is 0.759. The average molecular weight is 448 g/mol. The lowest BCUT2D eigenvalue weighted by Gasteiger charge is -2.28. The number of methoxy groups -OCH3 is 1. The number of hydrogen-bond donors (Lipinski definition) is 1. The average Bonchev–Trinajstić information content (AvgIpc) is 3.32. The number of allylic oxidation sites excluding steroid dienone is 1. The number of aliphatic imine (C=N–C) groups is 1. The van der Waals surface area contributed by atoms with E-state index in [-0.39, 0.29) is 24.7 Å². The third-order valence-corrected chi connectivity index (χ3v) is 6.26. The summed E-state index contributed by atoms with van der Waals surface area (Å²) in [4.78, 5) is 20.8. The van der Waals surface area contributed by atoms with Gasteiger partial charge in [-0.05, 0) is 61.7 Å². The highest BCUT2D eigenvalue weighted by atomic mass is 16.7. The van der Waals surface area contributed by atoms with Crippen molar-refractivity contribution in [3.05, 3.63) is 59.3 Å². The largest absolute Gasteiger partial charge is 0.497 e. The smallest absolute Gasteiger partial charge is 0.277 e. The number of ether oxygens (including phenoxy) is 3. The Hall–Kier alpha value is -3.48. The maximum Gasteiger partial charge on any atom is 0.277 e. The van der Waals surface area contributed by atoms with Gasteiger partial charge < -0.3 is 19.5 Å². The van der Waals surface area contributed by atoms with Gasteiger partial charge >= 0.3 is 0 Å². The second-order valence-corrected chi connectivity index (χ2v) is 9.50. The third kappa shape index (κ3) is 3.61. The van der Waals surface area contributed by atoms with Crippen LogP contribution in [0.4, 0.5) is 5.69 Å². The van der Waals surface area contributed by atoms with E-state index in [0.717, 1.165) is 28.3 Å². The van der Waals surface area contributed by atoms with Crippen LogP contribution in [0.1, 0.15) is 39.3 Å². The molecular formula is C26H29N3O4. The molecule has 172 valence electrons. The minimum absolute atomic E-state index is 0.104. The summed E-state index contributed by atoms with van der Waals surface area (Å²) in [6.45, 7) is 9.24. The van der Waals surface area contributed by atoms with Crippen molar-refractivity contribution in [2.45, 2.75) is 39.3 Å². The summed E-state index contributed by atoms with van der Waals surface area (Å²) in [7, 11) is 1.63. The summed E-state index contributed by atoms with van der Waals surface area (Å²) in [5, 5.41) is 3.62. The van der Waals surface area contributed by atoms with E-state index in [0.29, 0.717) is 23.8 Å². The number of nitrogens with zero attached hydrogens (tertiary/aromatic N) is 2. The molecule has 1 saturated heterocycles. The number of carbonyl (C=O) groups is 1. The van der Waals surface area contributed by atoms with Crippen LogP contribution in [0.15, 0.2) is 58.7 Å². The Morgan fingerprint density at radius 3 is 2.55 bits per heavy atom. The van der Waals surface area contributed by atoms with Crippen LogP contribution in [-0.2, 0) is 4.79 Å². The van der Waals surface area contributed by atoms with Crippen molar-refractivity contribution in [1.29, 1.82) is 0 Å². The Morgan fingerprint density at radius 1 is 1.12 bits per heavy atom. The maximum absolute atomic E-state index is 14.0. The van der Waals surface area contributed by atoms with Crippen LogP contribution in [0.2, 0.25) is 0 Å². The van der Waals surface area contributed by atoms with E-state index in [4.69, 9.17) is 19.2 Å².